The normalized spacial score (nSPS) is 16.0. The molecule has 1 aromatic rings. The zero-order valence-corrected chi connectivity index (χ0v) is 10.7. The second kappa shape index (κ2) is 4.88. The van der Waals surface area contributed by atoms with Crippen LogP contribution in [0.5, 0.6) is 0 Å². The second-order valence-electron chi connectivity index (χ2n) is 3.83. The average Bonchev–Trinajstić information content (AvgIpc) is 2.58. The Kier molecular flexibility index (Phi) is 3.98. The molecule has 1 rings (SSSR count). The Bertz CT molecular complexity index is 441. The van der Waals surface area contributed by atoms with Gasteiger partial charge in [-0.15, -0.1) is 10.2 Å². The number of nitrogens with one attached hydrogen (secondary N) is 1. The number of aromatic nitrogens is 4. The summed E-state index contributed by atoms with van der Waals surface area (Å²) in [6, 6.07) is -0.209. The molecule has 2 unspecified atom stereocenters. The fraction of sp³-hybridized carbons (Fsp3) is 0.875. The number of likely N-dealkylation sites (N-methyl/N-ethyl adjacent to an activating group) is 1. The molecule has 7 nitrogen and oxygen atoms in total. The van der Waals surface area contributed by atoms with Gasteiger partial charge in [0.05, 0.1) is 12.3 Å². The summed E-state index contributed by atoms with van der Waals surface area (Å²) in [4.78, 5) is 1.35. The van der Waals surface area contributed by atoms with Crippen LogP contribution in [-0.2, 0) is 23.3 Å². The van der Waals surface area contributed by atoms with Gasteiger partial charge in [0.1, 0.15) is 0 Å². The van der Waals surface area contributed by atoms with Crippen molar-refractivity contribution >= 4 is 9.84 Å². The van der Waals surface area contributed by atoms with Crippen molar-refractivity contribution in [3.05, 3.63) is 5.82 Å². The van der Waals surface area contributed by atoms with E-state index in [-0.39, 0.29) is 6.04 Å². The summed E-state index contributed by atoms with van der Waals surface area (Å²) in [7, 11) is 0.324. The van der Waals surface area contributed by atoms with E-state index in [1.165, 1.54) is 11.1 Å². The molecule has 0 bridgehead atoms. The molecule has 2 atom stereocenters. The Morgan fingerprint density at radius 1 is 1.50 bits per heavy atom. The van der Waals surface area contributed by atoms with Gasteiger partial charge in [-0.2, -0.15) is 4.80 Å². The lowest BCUT2D eigenvalue weighted by Crippen LogP contribution is -2.42. The summed E-state index contributed by atoms with van der Waals surface area (Å²) in [5, 5.41) is 14.0. The van der Waals surface area contributed by atoms with E-state index in [0.29, 0.717) is 12.2 Å². The molecule has 0 aliphatic rings. The monoisotopic (exact) mass is 247 g/mol. The molecule has 0 fully saturated rings. The molecule has 0 amide bonds. The van der Waals surface area contributed by atoms with E-state index in [1.54, 1.807) is 21.0 Å². The second-order valence-corrected chi connectivity index (χ2v) is 6.23. The number of nitrogens with zero attached hydrogens (tertiary/aromatic N) is 4. The van der Waals surface area contributed by atoms with Gasteiger partial charge in [0.25, 0.3) is 0 Å². The van der Waals surface area contributed by atoms with Crippen LogP contribution < -0.4 is 5.32 Å². The van der Waals surface area contributed by atoms with E-state index in [9.17, 15) is 8.42 Å². The maximum absolute atomic E-state index is 11.4. The van der Waals surface area contributed by atoms with Crippen molar-refractivity contribution in [1.82, 2.24) is 25.5 Å². The molecule has 0 aromatic carbocycles. The lowest BCUT2D eigenvalue weighted by atomic mass is 10.1. The lowest BCUT2D eigenvalue weighted by molar-refractivity contribution is 0.507. The Balaban J connectivity index is 2.77. The fourth-order valence-electron chi connectivity index (χ4n) is 1.40. The summed E-state index contributed by atoms with van der Waals surface area (Å²) < 4.78 is 22.9. The largest absolute Gasteiger partial charge is 0.315 e. The van der Waals surface area contributed by atoms with Crippen LogP contribution in [0.15, 0.2) is 0 Å². The van der Waals surface area contributed by atoms with Crippen molar-refractivity contribution in [2.24, 2.45) is 7.05 Å². The number of hydrogen-bond acceptors (Lipinski definition) is 6. The van der Waals surface area contributed by atoms with Gasteiger partial charge >= 0.3 is 0 Å². The average molecular weight is 247 g/mol. The van der Waals surface area contributed by atoms with Crippen LogP contribution in [0.4, 0.5) is 0 Å². The Labute approximate surface area is 95.1 Å². The van der Waals surface area contributed by atoms with Crippen molar-refractivity contribution in [2.75, 3.05) is 13.3 Å². The quantitative estimate of drug-likeness (QED) is 0.701. The molecular weight excluding hydrogens is 230 g/mol. The first-order valence-electron chi connectivity index (χ1n) is 4.93. The van der Waals surface area contributed by atoms with Crippen LogP contribution in [-0.4, -0.2) is 53.2 Å². The van der Waals surface area contributed by atoms with Gasteiger partial charge in [0.15, 0.2) is 15.7 Å². The summed E-state index contributed by atoms with van der Waals surface area (Å²) in [6.07, 6.45) is 1.67. The van der Waals surface area contributed by atoms with Gasteiger partial charge in [-0.1, -0.05) is 0 Å². The fourth-order valence-corrected chi connectivity index (χ4v) is 2.23. The van der Waals surface area contributed by atoms with E-state index in [1.807, 2.05) is 0 Å². The molecule has 0 saturated carbocycles. The van der Waals surface area contributed by atoms with Crippen molar-refractivity contribution in [3.63, 3.8) is 0 Å². The van der Waals surface area contributed by atoms with Crippen LogP contribution in [0.2, 0.25) is 0 Å². The third-order valence-corrected chi connectivity index (χ3v) is 4.24. The highest BCUT2D eigenvalue weighted by Crippen LogP contribution is 2.08. The molecule has 1 aromatic heterocycles. The summed E-state index contributed by atoms with van der Waals surface area (Å²) in [5.74, 6) is 0.539. The summed E-state index contributed by atoms with van der Waals surface area (Å²) >= 11 is 0. The molecular formula is C8H17N5O2S. The minimum Gasteiger partial charge on any atom is -0.315 e. The molecule has 16 heavy (non-hydrogen) atoms. The van der Waals surface area contributed by atoms with Crippen LogP contribution in [0.3, 0.4) is 0 Å². The molecule has 0 radical (unpaired) electrons. The first kappa shape index (κ1) is 13.0. The first-order chi connectivity index (χ1) is 7.34. The molecule has 0 aliphatic carbocycles. The third kappa shape index (κ3) is 3.24. The van der Waals surface area contributed by atoms with Crippen molar-refractivity contribution in [1.29, 1.82) is 0 Å². The molecule has 8 heteroatoms. The van der Waals surface area contributed by atoms with Crippen LogP contribution in [0.1, 0.15) is 12.7 Å². The van der Waals surface area contributed by atoms with E-state index in [0.717, 1.165) is 0 Å². The Hall–Kier alpha value is -1.02. The molecule has 92 valence electrons. The van der Waals surface area contributed by atoms with E-state index in [2.05, 4.69) is 20.7 Å². The molecule has 0 aliphatic heterocycles. The van der Waals surface area contributed by atoms with E-state index >= 15 is 0 Å². The Morgan fingerprint density at radius 3 is 2.50 bits per heavy atom. The molecule has 0 saturated heterocycles. The van der Waals surface area contributed by atoms with Gasteiger partial charge in [-0.3, -0.25) is 0 Å². The van der Waals surface area contributed by atoms with Crippen molar-refractivity contribution in [2.45, 2.75) is 24.6 Å². The summed E-state index contributed by atoms with van der Waals surface area (Å²) in [5.41, 5.74) is 0. The minimum atomic E-state index is -3.07. The van der Waals surface area contributed by atoms with Gasteiger partial charge < -0.3 is 5.32 Å². The van der Waals surface area contributed by atoms with Crippen molar-refractivity contribution in [3.8, 4) is 0 Å². The number of sulfone groups is 1. The van der Waals surface area contributed by atoms with Crippen LogP contribution in [0, 0.1) is 0 Å². The number of tetrazole rings is 1. The van der Waals surface area contributed by atoms with Gasteiger partial charge in [-0.25, -0.2) is 8.42 Å². The predicted octanol–water partition coefficient (Wildman–Crippen LogP) is -1.23. The zero-order valence-electron chi connectivity index (χ0n) is 9.88. The van der Waals surface area contributed by atoms with Crippen LogP contribution >= 0.6 is 0 Å². The van der Waals surface area contributed by atoms with Gasteiger partial charge in [-0.05, 0) is 19.2 Å². The SMILES string of the molecule is CNC(Cc1nnn(C)n1)C(C)S(C)(=O)=O. The topological polar surface area (TPSA) is 89.8 Å². The molecule has 1 N–H and O–H groups in total. The smallest absolute Gasteiger partial charge is 0.176 e. The molecule has 0 spiro atoms. The maximum Gasteiger partial charge on any atom is 0.176 e. The number of rotatable bonds is 5. The molecule has 1 heterocycles. The lowest BCUT2D eigenvalue weighted by Gasteiger charge is -2.20. The van der Waals surface area contributed by atoms with Gasteiger partial charge in [0.2, 0.25) is 0 Å². The zero-order chi connectivity index (χ0) is 12.3. The number of aryl methyl sites for hydroxylation is 1. The first-order valence-corrected chi connectivity index (χ1v) is 6.89. The van der Waals surface area contributed by atoms with E-state index < -0.39 is 15.1 Å². The third-order valence-electron chi connectivity index (χ3n) is 2.57. The highest BCUT2D eigenvalue weighted by Gasteiger charge is 2.26. The van der Waals surface area contributed by atoms with Crippen LogP contribution in [0.25, 0.3) is 0 Å². The van der Waals surface area contributed by atoms with E-state index in [4.69, 9.17) is 0 Å². The van der Waals surface area contributed by atoms with Crippen molar-refractivity contribution < 1.29 is 8.42 Å². The number of hydrogen-bond donors (Lipinski definition) is 1. The minimum absolute atomic E-state index is 0.209. The summed E-state index contributed by atoms with van der Waals surface area (Å²) in [6.45, 7) is 1.67. The predicted molar refractivity (Wildman–Crippen MR) is 59.7 cm³/mol. The van der Waals surface area contributed by atoms with Gasteiger partial charge in [0, 0.05) is 18.7 Å². The highest BCUT2D eigenvalue weighted by atomic mass is 32.2. The standard InChI is InChI=1S/C8H17N5O2S/c1-6(16(4,14)15)7(9-2)5-8-10-12-13(3)11-8/h6-7,9H,5H2,1-4H3. The highest BCUT2D eigenvalue weighted by molar-refractivity contribution is 7.91. The Morgan fingerprint density at radius 2 is 2.12 bits per heavy atom. The maximum atomic E-state index is 11.4.